The maximum absolute atomic E-state index is 4.87. The smallest absolute Gasteiger partial charge is 0.224 e. The molecule has 2 aromatic heterocycles. The summed E-state index contributed by atoms with van der Waals surface area (Å²) in [6, 6.07) is 6.49. The number of rotatable bonds is 9. The molecule has 1 aliphatic carbocycles. The Hall–Kier alpha value is -2.21. The zero-order chi connectivity index (χ0) is 21.8. The zero-order valence-corrected chi connectivity index (χ0v) is 19.5. The molecule has 2 N–H and O–H groups in total. The molecule has 0 aromatic carbocycles. The summed E-state index contributed by atoms with van der Waals surface area (Å²) in [7, 11) is 0. The average molecular weight is 435 g/mol. The van der Waals surface area contributed by atoms with Gasteiger partial charge in [-0.1, -0.05) is 38.7 Å². The molecule has 6 heteroatoms. The predicted molar refractivity (Wildman–Crippen MR) is 131 cm³/mol. The standard InChI is InChI=1S/C26H38N6/c1-2-3-15-27-26-29-17-23(25(31-26)30-20-7-5-4-6-8-20)24-14-9-19(16-28-24)18-32-21-10-11-22(32)13-12-21/h9,14,16-17,20-22H,2-8,10-13,15,18H2,1H3,(H2,27,29,30,31). The van der Waals surface area contributed by atoms with E-state index in [1.165, 1.54) is 63.4 Å². The van der Waals surface area contributed by atoms with Crippen molar-refractivity contribution in [2.45, 2.75) is 102 Å². The minimum Gasteiger partial charge on any atom is -0.367 e. The van der Waals surface area contributed by atoms with Gasteiger partial charge in [0, 0.05) is 43.6 Å². The molecular weight excluding hydrogens is 396 g/mol. The van der Waals surface area contributed by atoms with E-state index >= 15 is 0 Å². The summed E-state index contributed by atoms with van der Waals surface area (Å²) in [5.41, 5.74) is 3.27. The summed E-state index contributed by atoms with van der Waals surface area (Å²) < 4.78 is 0. The second kappa shape index (κ2) is 10.2. The zero-order valence-electron chi connectivity index (χ0n) is 19.5. The Morgan fingerprint density at radius 3 is 2.41 bits per heavy atom. The van der Waals surface area contributed by atoms with Crippen molar-refractivity contribution in [2.24, 2.45) is 0 Å². The van der Waals surface area contributed by atoms with Crippen molar-refractivity contribution in [3.63, 3.8) is 0 Å². The lowest BCUT2D eigenvalue weighted by Crippen LogP contribution is -2.27. The monoisotopic (exact) mass is 434 g/mol. The normalized spacial score (nSPS) is 23.5. The van der Waals surface area contributed by atoms with Gasteiger partial charge in [-0.3, -0.25) is 9.88 Å². The fourth-order valence-electron chi connectivity index (χ4n) is 5.75. The molecule has 0 amide bonds. The Bertz CT molecular complexity index is 856. The van der Waals surface area contributed by atoms with E-state index in [1.807, 2.05) is 6.20 Å². The number of hydrogen-bond acceptors (Lipinski definition) is 6. The topological polar surface area (TPSA) is 66.0 Å². The first kappa shape index (κ1) is 21.6. The number of unbranched alkanes of at least 4 members (excludes halogenated alkanes) is 1. The van der Waals surface area contributed by atoms with Crippen LogP contribution in [0.2, 0.25) is 0 Å². The number of aromatic nitrogens is 3. The first-order chi connectivity index (χ1) is 15.8. The van der Waals surface area contributed by atoms with Crippen LogP contribution < -0.4 is 10.6 Å². The van der Waals surface area contributed by atoms with E-state index in [-0.39, 0.29) is 0 Å². The van der Waals surface area contributed by atoms with Crippen LogP contribution in [-0.2, 0) is 6.54 Å². The van der Waals surface area contributed by atoms with Gasteiger partial charge in [0.05, 0.1) is 11.3 Å². The average Bonchev–Trinajstić information content (AvgIpc) is 3.40. The third kappa shape index (κ3) is 4.90. The lowest BCUT2D eigenvalue weighted by atomic mass is 9.95. The van der Waals surface area contributed by atoms with Crippen molar-refractivity contribution in [3.8, 4) is 11.3 Å². The Morgan fingerprint density at radius 2 is 1.72 bits per heavy atom. The molecule has 2 aliphatic heterocycles. The van der Waals surface area contributed by atoms with Crippen LogP contribution in [0.4, 0.5) is 11.8 Å². The Balaban J connectivity index is 1.33. The molecule has 5 rings (SSSR count). The summed E-state index contributed by atoms with van der Waals surface area (Å²) in [4.78, 5) is 17.0. The highest BCUT2D eigenvalue weighted by molar-refractivity contribution is 5.73. The Kier molecular flexibility index (Phi) is 6.86. The van der Waals surface area contributed by atoms with Crippen molar-refractivity contribution in [2.75, 3.05) is 17.2 Å². The van der Waals surface area contributed by atoms with Crippen molar-refractivity contribution < 1.29 is 0 Å². The van der Waals surface area contributed by atoms with E-state index in [0.717, 1.165) is 55.1 Å². The number of pyridine rings is 1. The Labute approximate surface area is 192 Å². The lowest BCUT2D eigenvalue weighted by molar-refractivity contribution is 0.243. The van der Waals surface area contributed by atoms with Gasteiger partial charge in [-0.25, -0.2) is 4.98 Å². The molecule has 6 nitrogen and oxygen atoms in total. The van der Waals surface area contributed by atoms with E-state index < -0.39 is 0 Å². The van der Waals surface area contributed by atoms with E-state index in [1.54, 1.807) is 0 Å². The van der Waals surface area contributed by atoms with Crippen LogP contribution in [0.15, 0.2) is 24.5 Å². The minimum atomic E-state index is 0.491. The van der Waals surface area contributed by atoms with Crippen molar-refractivity contribution in [3.05, 3.63) is 30.1 Å². The van der Waals surface area contributed by atoms with Crippen LogP contribution in [0.25, 0.3) is 11.3 Å². The molecule has 2 bridgehead atoms. The van der Waals surface area contributed by atoms with E-state index in [9.17, 15) is 0 Å². The van der Waals surface area contributed by atoms with E-state index in [2.05, 4.69) is 45.8 Å². The molecule has 172 valence electrons. The SMILES string of the molecule is CCCCNc1ncc(-c2ccc(CN3C4CCC3CC4)cn2)c(NC2CCCCC2)n1. The summed E-state index contributed by atoms with van der Waals surface area (Å²) >= 11 is 0. The maximum atomic E-state index is 4.87. The molecule has 0 spiro atoms. The molecule has 3 aliphatic rings. The highest BCUT2D eigenvalue weighted by atomic mass is 15.2. The van der Waals surface area contributed by atoms with Crippen LogP contribution in [0.1, 0.15) is 83.1 Å². The molecule has 1 saturated carbocycles. The van der Waals surface area contributed by atoms with E-state index in [0.29, 0.717) is 12.0 Å². The number of nitrogens with zero attached hydrogens (tertiary/aromatic N) is 4. The molecule has 0 atom stereocenters. The molecular formula is C26H38N6. The summed E-state index contributed by atoms with van der Waals surface area (Å²) in [6.07, 6.45) is 18.2. The van der Waals surface area contributed by atoms with Gasteiger partial charge in [-0.05, 0) is 56.6 Å². The second-order valence-corrected chi connectivity index (χ2v) is 9.90. The second-order valence-electron chi connectivity index (χ2n) is 9.90. The van der Waals surface area contributed by atoms with Crippen molar-refractivity contribution in [1.29, 1.82) is 0 Å². The first-order valence-electron chi connectivity index (χ1n) is 12.9. The van der Waals surface area contributed by atoms with Crippen LogP contribution in [0.3, 0.4) is 0 Å². The van der Waals surface area contributed by atoms with Crippen LogP contribution in [-0.4, -0.2) is 44.5 Å². The van der Waals surface area contributed by atoms with Gasteiger partial charge in [-0.15, -0.1) is 0 Å². The summed E-state index contributed by atoms with van der Waals surface area (Å²) in [6.45, 7) is 4.14. The van der Waals surface area contributed by atoms with Gasteiger partial charge in [0.15, 0.2) is 0 Å². The van der Waals surface area contributed by atoms with Gasteiger partial charge >= 0.3 is 0 Å². The highest BCUT2D eigenvalue weighted by Gasteiger charge is 2.38. The number of nitrogens with one attached hydrogen (secondary N) is 2. The Morgan fingerprint density at radius 1 is 0.938 bits per heavy atom. The minimum absolute atomic E-state index is 0.491. The van der Waals surface area contributed by atoms with E-state index in [4.69, 9.17) is 9.97 Å². The van der Waals surface area contributed by atoms with Gasteiger partial charge in [-0.2, -0.15) is 4.98 Å². The van der Waals surface area contributed by atoms with Gasteiger partial charge in [0.1, 0.15) is 5.82 Å². The lowest BCUT2D eigenvalue weighted by Gasteiger charge is -2.24. The predicted octanol–water partition coefficient (Wildman–Crippen LogP) is 5.62. The van der Waals surface area contributed by atoms with Crippen LogP contribution in [0, 0.1) is 0 Å². The van der Waals surface area contributed by atoms with Gasteiger partial charge in [0.25, 0.3) is 0 Å². The molecule has 2 saturated heterocycles. The first-order valence-corrected chi connectivity index (χ1v) is 12.9. The third-order valence-corrected chi connectivity index (χ3v) is 7.62. The maximum Gasteiger partial charge on any atom is 0.224 e. The fraction of sp³-hybridized carbons (Fsp3) is 0.654. The molecule has 4 heterocycles. The van der Waals surface area contributed by atoms with Crippen molar-refractivity contribution >= 4 is 11.8 Å². The molecule has 0 radical (unpaired) electrons. The number of anilines is 2. The fourth-order valence-corrected chi connectivity index (χ4v) is 5.75. The molecule has 0 unspecified atom stereocenters. The third-order valence-electron chi connectivity index (χ3n) is 7.62. The molecule has 32 heavy (non-hydrogen) atoms. The number of hydrogen-bond donors (Lipinski definition) is 2. The quantitative estimate of drug-likeness (QED) is 0.499. The summed E-state index contributed by atoms with van der Waals surface area (Å²) in [5.74, 6) is 1.63. The largest absolute Gasteiger partial charge is 0.367 e. The molecule has 2 aromatic rings. The van der Waals surface area contributed by atoms with Crippen molar-refractivity contribution in [1.82, 2.24) is 19.9 Å². The highest BCUT2D eigenvalue weighted by Crippen LogP contribution is 2.38. The number of fused-ring (bicyclic) bond motifs is 2. The van der Waals surface area contributed by atoms with Crippen LogP contribution >= 0.6 is 0 Å². The van der Waals surface area contributed by atoms with Gasteiger partial charge in [0.2, 0.25) is 5.95 Å². The van der Waals surface area contributed by atoms with Gasteiger partial charge < -0.3 is 10.6 Å². The van der Waals surface area contributed by atoms with Crippen LogP contribution in [0.5, 0.6) is 0 Å². The molecule has 3 fully saturated rings. The summed E-state index contributed by atoms with van der Waals surface area (Å²) in [5, 5.41) is 7.11.